The molecule has 58 valence electrons. The molecule has 1 heterocycles. The number of hydrogen-bond donors (Lipinski definition) is 1. The maximum absolute atomic E-state index is 11.1. The summed E-state index contributed by atoms with van der Waals surface area (Å²) in [6, 6.07) is 3.71. The highest BCUT2D eigenvalue weighted by Crippen LogP contribution is 2.66. The highest BCUT2D eigenvalue weighted by Gasteiger charge is 2.80. The first-order valence-corrected chi connectivity index (χ1v) is 3.34. The van der Waals surface area contributed by atoms with Crippen LogP contribution >= 0.6 is 0 Å². The molecule has 5 nitrogen and oxygen atoms in total. The van der Waals surface area contributed by atoms with Crippen LogP contribution in [0.5, 0.6) is 0 Å². The first-order chi connectivity index (χ1) is 5.63. The van der Waals surface area contributed by atoms with Gasteiger partial charge in [-0.2, -0.15) is 15.5 Å². The summed E-state index contributed by atoms with van der Waals surface area (Å²) < 4.78 is 0. The topological polar surface area (TPSA) is 103 Å². The van der Waals surface area contributed by atoms with Gasteiger partial charge in [-0.25, -0.2) is 0 Å². The maximum atomic E-state index is 11.1. The van der Waals surface area contributed by atoms with E-state index in [1.807, 2.05) is 12.1 Å². The van der Waals surface area contributed by atoms with Gasteiger partial charge in [0, 0.05) is 6.42 Å². The zero-order valence-electron chi connectivity index (χ0n) is 6.03. The quantitative estimate of drug-likeness (QED) is 0.506. The fourth-order valence-electron chi connectivity index (χ4n) is 1.60. The standard InChI is InChI=1S/C7H4N4O/c8-2-6-1-7(6,3-9)5(12)11-4(6)10/h1H2,(H2,10,11,12)/t6-,7-/m1/s1. The molecule has 2 aliphatic rings. The Morgan fingerprint density at radius 2 is 2.00 bits per heavy atom. The van der Waals surface area contributed by atoms with E-state index in [1.165, 1.54) is 0 Å². The zero-order chi connectivity index (χ0) is 8.98. The Balaban J connectivity index is 2.60. The third-order valence-corrected chi connectivity index (χ3v) is 2.54. The van der Waals surface area contributed by atoms with Gasteiger partial charge in [0.05, 0.1) is 12.1 Å². The molecule has 0 radical (unpaired) electrons. The van der Waals surface area contributed by atoms with E-state index in [9.17, 15) is 4.79 Å². The molecule has 0 unspecified atom stereocenters. The Morgan fingerprint density at radius 1 is 1.42 bits per heavy atom. The van der Waals surface area contributed by atoms with Crippen LogP contribution in [0.3, 0.4) is 0 Å². The fraction of sp³-hybridized carbons (Fsp3) is 0.429. The normalized spacial score (nSPS) is 42.5. The molecule has 0 aromatic rings. The number of nitrogens with zero attached hydrogens (tertiary/aromatic N) is 3. The number of amidine groups is 1. The first kappa shape index (κ1) is 6.81. The monoisotopic (exact) mass is 160 g/mol. The second-order valence-electron chi connectivity index (χ2n) is 3.01. The van der Waals surface area contributed by atoms with Gasteiger partial charge >= 0.3 is 0 Å². The summed E-state index contributed by atoms with van der Waals surface area (Å²) in [6.07, 6.45) is 0.209. The number of nitrogens with two attached hydrogens (primary N) is 1. The lowest BCUT2D eigenvalue weighted by Gasteiger charge is -1.98. The third kappa shape index (κ3) is 0.375. The Morgan fingerprint density at radius 3 is 2.33 bits per heavy atom. The van der Waals surface area contributed by atoms with Crippen LogP contribution in [0.2, 0.25) is 0 Å². The zero-order valence-corrected chi connectivity index (χ0v) is 6.03. The van der Waals surface area contributed by atoms with Crippen LogP contribution < -0.4 is 5.73 Å². The van der Waals surface area contributed by atoms with Crippen LogP contribution in [0.4, 0.5) is 0 Å². The minimum Gasteiger partial charge on any atom is -0.386 e. The van der Waals surface area contributed by atoms with E-state index in [4.69, 9.17) is 16.3 Å². The molecule has 1 saturated carbocycles. The van der Waals surface area contributed by atoms with Gasteiger partial charge in [0.25, 0.3) is 5.91 Å². The number of fused-ring (bicyclic) bond motifs is 1. The molecule has 5 heteroatoms. The van der Waals surface area contributed by atoms with E-state index < -0.39 is 16.7 Å². The molecule has 1 aliphatic heterocycles. The lowest BCUT2D eigenvalue weighted by molar-refractivity contribution is -0.120. The fourth-order valence-corrected chi connectivity index (χ4v) is 1.60. The summed E-state index contributed by atoms with van der Waals surface area (Å²) in [5.74, 6) is -0.569. The van der Waals surface area contributed by atoms with Crippen molar-refractivity contribution >= 4 is 11.7 Å². The van der Waals surface area contributed by atoms with E-state index in [2.05, 4.69) is 4.99 Å². The van der Waals surface area contributed by atoms with E-state index in [0.717, 1.165) is 0 Å². The predicted molar refractivity (Wildman–Crippen MR) is 37.3 cm³/mol. The molecule has 2 rings (SSSR count). The van der Waals surface area contributed by atoms with E-state index >= 15 is 0 Å². The van der Waals surface area contributed by atoms with Crippen molar-refractivity contribution in [1.82, 2.24) is 0 Å². The Bertz CT molecular complexity index is 399. The van der Waals surface area contributed by atoms with Gasteiger partial charge in [-0.3, -0.25) is 4.79 Å². The number of rotatable bonds is 0. The van der Waals surface area contributed by atoms with Crippen molar-refractivity contribution in [3.63, 3.8) is 0 Å². The number of nitriles is 2. The summed E-state index contributed by atoms with van der Waals surface area (Å²) in [7, 11) is 0. The lowest BCUT2D eigenvalue weighted by Crippen LogP contribution is -2.24. The van der Waals surface area contributed by atoms with Crippen molar-refractivity contribution in [2.75, 3.05) is 0 Å². The van der Waals surface area contributed by atoms with E-state index in [-0.39, 0.29) is 12.3 Å². The Kier molecular flexibility index (Phi) is 0.843. The summed E-state index contributed by atoms with van der Waals surface area (Å²) >= 11 is 0. The van der Waals surface area contributed by atoms with Gasteiger partial charge < -0.3 is 5.73 Å². The molecular weight excluding hydrogens is 156 g/mol. The third-order valence-electron chi connectivity index (χ3n) is 2.54. The van der Waals surface area contributed by atoms with Crippen LogP contribution in [0.25, 0.3) is 0 Å². The van der Waals surface area contributed by atoms with Crippen molar-refractivity contribution < 1.29 is 4.79 Å². The van der Waals surface area contributed by atoms with E-state index in [1.54, 1.807) is 0 Å². The summed E-state index contributed by atoms with van der Waals surface area (Å²) in [5, 5.41) is 17.4. The highest BCUT2D eigenvalue weighted by atomic mass is 16.2. The van der Waals surface area contributed by atoms with E-state index in [0.29, 0.717) is 0 Å². The van der Waals surface area contributed by atoms with Crippen LogP contribution in [0.1, 0.15) is 6.42 Å². The molecule has 12 heavy (non-hydrogen) atoms. The summed E-state index contributed by atoms with van der Waals surface area (Å²) in [6.45, 7) is 0. The average molecular weight is 160 g/mol. The summed E-state index contributed by atoms with van der Waals surface area (Å²) in [4.78, 5) is 14.5. The Hall–Kier alpha value is -1.88. The van der Waals surface area contributed by atoms with Crippen LogP contribution in [-0.2, 0) is 4.79 Å². The molecule has 0 bridgehead atoms. The molecule has 0 saturated heterocycles. The van der Waals surface area contributed by atoms with Gasteiger partial charge in [0.2, 0.25) is 0 Å². The van der Waals surface area contributed by atoms with Crippen molar-refractivity contribution in [1.29, 1.82) is 10.5 Å². The van der Waals surface area contributed by atoms with Gasteiger partial charge in [-0.05, 0) is 0 Å². The predicted octanol–water partition coefficient (Wildman–Crippen LogP) is -0.693. The number of aliphatic imine (C=N–C) groups is 1. The molecule has 0 spiro atoms. The van der Waals surface area contributed by atoms with Crippen LogP contribution in [0, 0.1) is 33.5 Å². The van der Waals surface area contributed by atoms with Crippen LogP contribution in [-0.4, -0.2) is 11.7 Å². The second-order valence-corrected chi connectivity index (χ2v) is 3.01. The Labute approximate surface area is 68.1 Å². The highest BCUT2D eigenvalue weighted by molar-refractivity contribution is 6.16. The lowest BCUT2D eigenvalue weighted by atomic mass is 9.97. The molecule has 1 amide bonds. The number of hydrogen-bond acceptors (Lipinski definition) is 4. The van der Waals surface area contributed by atoms with Gasteiger partial charge in [0.1, 0.15) is 11.3 Å². The van der Waals surface area contributed by atoms with Gasteiger partial charge in [0.15, 0.2) is 5.41 Å². The largest absolute Gasteiger partial charge is 0.386 e. The molecule has 0 aromatic heterocycles. The van der Waals surface area contributed by atoms with Crippen molar-refractivity contribution in [2.45, 2.75) is 6.42 Å². The maximum Gasteiger partial charge on any atom is 0.270 e. The molecule has 2 atom stereocenters. The summed E-state index contributed by atoms with van der Waals surface area (Å²) in [5.41, 5.74) is 3.03. The molecule has 2 N–H and O–H groups in total. The van der Waals surface area contributed by atoms with Crippen molar-refractivity contribution in [2.24, 2.45) is 21.6 Å². The molecule has 1 fully saturated rings. The van der Waals surface area contributed by atoms with Gasteiger partial charge in [-0.15, -0.1) is 0 Å². The SMILES string of the molecule is N#C[C@@]12C[C@@]1(C#N)C(N)=NC2=O. The smallest absolute Gasteiger partial charge is 0.270 e. The molecule has 1 aliphatic carbocycles. The number of carbonyl (C=O) groups is 1. The molecular formula is C7H4N4O. The van der Waals surface area contributed by atoms with Gasteiger partial charge in [-0.1, -0.05) is 0 Å². The van der Waals surface area contributed by atoms with Crippen molar-refractivity contribution in [3.8, 4) is 12.1 Å². The minimum absolute atomic E-state index is 0.00319. The van der Waals surface area contributed by atoms with Crippen LogP contribution in [0.15, 0.2) is 4.99 Å². The average Bonchev–Trinajstić information content (AvgIpc) is 2.70. The minimum atomic E-state index is -1.24. The first-order valence-electron chi connectivity index (χ1n) is 3.34. The number of carbonyl (C=O) groups excluding carboxylic acids is 1. The molecule has 0 aromatic carbocycles. The number of amides is 1. The van der Waals surface area contributed by atoms with Crippen molar-refractivity contribution in [3.05, 3.63) is 0 Å². The second kappa shape index (κ2) is 1.49.